The zero-order valence-corrected chi connectivity index (χ0v) is 11.7. The standard InChI is InChI=1S/C19H20/c1-14(2)18-11-7-5-9-16(18)13-17-10-6-8-12-19(17)15(3)4/h5-12H,1,3,13H2,2,4H3. The summed E-state index contributed by atoms with van der Waals surface area (Å²) in [6.07, 6.45) is 0.923. The maximum atomic E-state index is 4.07. The molecule has 0 amide bonds. The molecule has 0 spiro atoms. The van der Waals surface area contributed by atoms with E-state index in [0.717, 1.165) is 17.6 Å². The lowest BCUT2D eigenvalue weighted by Gasteiger charge is -2.12. The number of rotatable bonds is 4. The number of allylic oxidation sites excluding steroid dienone is 2. The summed E-state index contributed by atoms with van der Waals surface area (Å²) >= 11 is 0. The fraction of sp³-hybridized carbons (Fsp3) is 0.158. The van der Waals surface area contributed by atoms with Crippen LogP contribution in [0.2, 0.25) is 0 Å². The Bertz CT molecular complexity index is 562. The maximum absolute atomic E-state index is 4.07. The second-order valence-corrected chi connectivity index (χ2v) is 5.05. The molecule has 2 rings (SSSR count). The van der Waals surface area contributed by atoms with E-state index >= 15 is 0 Å². The first kappa shape index (κ1) is 13.4. The summed E-state index contributed by atoms with van der Waals surface area (Å²) in [7, 11) is 0. The van der Waals surface area contributed by atoms with Crippen molar-refractivity contribution in [3.63, 3.8) is 0 Å². The molecule has 0 unspecified atom stereocenters. The number of hydrogen-bond donors (Lipinski definition) is 0. The summed E-state index contributed by atoms with van der Waals surface area (Å²) in [5.41, 5.74) is 7.37. The van der Waals surface area contributed by atoms with Crippen LogP contribution in [0.4, 0.5) is 0 Å². The molecule has 96 valence electrons. The monoisotopic (exact) mass is 248 g/mol. The lowest BCUT2D eigenvalue weighted by Crippen LogP contribution is -1.96. The molecule has 0 heteroatoms. The van der Waals surface area contributed by atoms with Crippen molar-refractivity contribution in [2.24, 2.45) is 0 Å². The molecule has 0 aromatic heterocycles. The van der Waals surface area contributed by atoms with Crippen molar-refractivity contribution in [3.05, 3.63) is 83.9 Å². The average Bonchev–Trinajstić information content (AvgIpc) is 2.39. The van der Waals surface area contributed by atoms with Crippen molar-refractivity contribution < 1.29 is 0 Å². The largest absolute Gasteiger partial charge is 0.0955 e. The lowest BCUT2D eigenvalue weighted by atomic mass is 9.92. The molecule has 0 aliphatic heterocycles. The van der Waals surface area contributed by atoms with Crippen molar-refractivity contribution in [2.75, 3.05) is 0 Å². The molecule has 2 aromatic rings. The normalized spacial score (nSPS) is 10.2. The van der Waals surface area contributed by atoms with Gasteiger partial charge in [0.2, 0.25) is 0 Å². The topological polar surface area (TPSA) is 0 Å². The summed E-state index contributed by atoms with van der Waals surface area (Å²) in [6, 6.07) is 17.0. The Labute approximate surface area is 116 Å². The molecule has 0 atom stereocenters. The molecule has 0 fully saturated rings. The number of hydrogen-bond acceptors (Lipinski definition) is 0. The van der Waals surface area contributed by atoms with Gasteiger partial charge in [0.1, 0.15) is 0 Å². The Morgan fingerprint density at radius 2 is 1.11 bits per heavy atom. The highest BCUT2D eigenvalue weighted by molar-refractivity contribution is 5.68. The van der Waals surface area contributed by atoms with Crippen LogP contribution in [0, 0.1) is 0 Å². The third kappa shape index (κ3) is 3.03. The van der Waals surface area contributed by atoms with Crippen LogP contribution in [0.3, 0.4) is 0 Å². The first-order valence-corrected chi connectivity index (χ1v) is 6.57. The van der Waals surface area contributed by atoms with Crippen LogP contribution in [-0.4, -0.2) is 0 Å². The van der Waals surface area contributed by atoms with E-state index in [2.05, 4.69) is 75.5 Å². The zero-order valence-electron chi connectivity index (χ0n) is 11.7. The third-order valence-corrected chi connectivity index (χ3v) is 3.34. The highest BCUT2D eigenvalue weighted by atomic mass is 14.1. The summed E-state index contributed by atoms with van der Waals surface area (Å²) < 4.78 is 0. The van der Waals surface area contributed by atoms with E-state index in [4.69, 9.17) is 0 Å². The van der Waals surface area contributed by atoms with Gasteiger partial charge in [0, 0.05) is 0 Å². The van der Waals surface area contributed by atoms with Gasteiger partial charge in [-0.05, 0) is 42.5 Å². The van der Waals surface area contributed by atoms with Crippen LogP contribution in [0.1, 0.15) is 36.1 Å². The molecule has 0 aliphatic rings. The minimum atomic E-state index is 0.923. The van der Waals surface area contributed by atoms with E-state index < -0.39 is 0 Å². The molecule has 2 aromatic carbocycles. The molecule has 0 saturated heterocycles. The van der Waals surface area contributed by atoms with E-state index in [1.807, 2.05) is 0 Å². The van der Waals surface area contributed by atoms with Crippen LogP contribution in [-0.2, 0) is 6.42 Å². The fourth-order valence-electron chi connectivity index (χ4n) is 2.39. The highest BCUT2D eigenvalue weighted by Gasteiger charge is 2.07. The Balaban J connectivity index is 2.42. The molecule has 0 radical (unpaired) electrons. The highest BCUT2D eigenvalue weighted by Crippen LogP contribution is 2.24. The molecular formula is C19H20. The number of benzene rings is 2. The fourth-order valence-corrected chi connectivity index (χ4v) is 2.39. The van der Waals surface area contributed by atoms with E-state index in [1.54, 1.807) is 0 Å². The first-order valence-electron chi connectivity index (χ1n) is 6.57. The van der Waals surface area contributed by atoms with Crippen molar-refractivity contribution in [1.29, 1.82) is 0 Å². The maximum Gasteiger partial charge on any atom is -0.00137 e. The summed E-state index contributed by atoms with van der Waals surface area (Å²) in [5.74, 6) is 0. The molecule has 0 nitrogen and oxygen atoms in total. The van der Waals surface area contributed by atoms with Crippen LogP contribution >= 0.6 is 0 Å². The van der Waals surface area contributed by atoms with Crippen LogP contribution in [0.15, 0.2) is 61.7 Å². The van der Waals surface area contributed by atoms with Gasteiger partial charge in [0.05, 0.1) is 0 Å². The molecule has 0 N–H and O–H groups in total. The molecular weight excluding hydrogens is 228 g/mol. The molecule has 19 heavy (non-hydrogen) atoms. The Morgan fingerprint density at radius 1 is 0.737 bits per heavy atom. The molecule has 0 heterocycles. The second-order valence-electron chi connectivity index (χ2n) is 5.05. The van der Waals surface area contributed by atoms with Gasteiger partial charge < -0.3 is 0 Å². The minimum absolute atomic E-state index is 0.923. The summed E-state index contributed by atoms with van der Waals surface area (Å²) in [6.45, 7) is 12.3. The lowest BCUT2D eigenvalue weighted by molar-refractivity contribution is 1.17. The molecule has 0 saturated carbocycles. The smallest absolute Gasteiger partial charge is 0.00137 e. The van der Waals surface area contributed by atoms with Gasteiger partial charge in [0.15, 0.2) is 0 Å². The van der Waals surface area contributed by atoms with E-state index in [9.17, 15) is 0 Å². The van der Waals surface area contributed by atoms with Gasteiger partial charge in [-0.3, -0.25) is 0 Å². The van der Waals surface area contributed by atoms with Gasteiger partial charge >= 0.3 is 0 Å². The van der Waals surface area contributed by atoms with Gasteiger partial charge in [-0.15, -0.1) is 0 Å². The van der Waals surface area contributed by atoms with Crippen LogP contribution in [0.25, 0.3) is 11.1 Å². The Hall–Kier alpha value is -2.08. The minimum Gasteiger partial charge on any atom is -0.0955 e. The quantitative estimate of drug-likeness (QED) is 0.684. The van der Waals surface area contributed by atoms with Gasteiger partial charge in [-0.2, -0.15) is 0 Å². The van der Waals surface area contributed by atoms with Crippen molar-refractivity contribution in [1.82, 2.24) is 0 Å². The predicted octanol–water partition coefficient (Wildman–Crippen LogP) is 5.34. The van der Waals surface area contributed by atoms with Crippen molar-refractivity contribution in [2.45, 2.75) is 20.3 Å². The predicted molar refractivity (Wildman–Crippen MR) is 85.1 cm³/mol. The van der Waals surface area contributed by atoms with Gasteiger partial charge in [-0.1, -0.05) is 72.8 Å². The van der Waals surface area contributed by atoms with Crippen molar-refractivity contribution in [3.8, 4) is 0 Å². The summed E-state index contributed by atoms with van der Waals surface area (Å²) in [4.78, 5) is 0. The van der Waals surface area contributed by atoms with Gasteiger partial charge in [0.25, 0.3) is 0 Å². The SMILES string of the molecule is C=C(C)c1ccccc1Cc1ccccc1C(=C)C. The summed E-state index contributed by atoms with van der Waals surface area (Å²) in [5, 5.41) is 0. The van der Waals surface area contributed by atoms with Crippen molar-refractivity contribution >= 4 is 11.1 Å². The Kier molecular flexibility index (Phi) is 4.01. The van der Waals surface area contributed by atoms with E-state index in [1.165, 1.54) is 22.3 Å². The second kappa shape index (κ2) is 5.71. The molecule has 0 bridgehead atoms. The third-order valence-electron chi connectivity index (χ3n) is 3.34. The first-order chi connectivity index (χ1) is 9.09. The van der Waals surface area contributed by atoms with E-state index in [-0.39, 0.29) is 0 Å². The Morgan fingerprint density at radius 3 is 1.47 bits per heavy atom. The van der Waals surface area contributed by atoms with Crippen LogP contribution < -0.4 is 0 Å². The van der Waals surface area contributed by atoms with E-state index in [0.29, 0.717) is 0 Å². The van der Waals surface area contributed by atoms with Crippen LogP contribution in [0.5, 0.6) is 0 Å². The van der Waals surface area contributed by atoms with Gasteiger partial charge in [-0.25, -0.2) is 0 Å². The molecule has 0 aliphatic carbocycles. The average molecular weight is 248 g/mol. The zero-order chi connectivity index (χ0) is 13.8.